The van der Waals surface area contributed by atoms with E-state index in [2.05, 4.69) is 0 Å². The number of ether oxygens (including phenoxy) is 2. The van der Waals surface area contributed by atoms with Crippen molar-refractivity contribution in [1.29, 1.82) is 0 Å². The lowest BCUT2D eigenvalue weighted by Crippen LogP contribution is -1.94. The van der Waals surface area contributed by atoms with E-state index in [1.54, 1.807) is 30.6 Å². The molecule has 0 aliphatic carbocycles. The molecule has 112 valence electrons. The van der Waals surface area contributed by atoms with E-state index in [1.165, 1.54) is 0 Å². The fourth-order valence-electron chi connectivity index (χ4n) is 2.13. The third-order valence-electron chi connectivity index (χ3n) is 3.25. The molecule has 0 spiro atoms. The number of hydrogen-bond acceptors (Lipinski definition) is 4. The molecule has 1 heterocycles. The molecule has 1 aromatic heterocycles. The Morgan fingerprint density at radius 3 is 2.50 bits per heavy atom. The Balaban J connectivity index is 1.74. The Morgan fingerprint density at radius 2 is 1.82 bits per heavy atom. The van der Waals surface area contributed by atoms with Crippen LogP contribution in [0, 0.1) is 0 Å². The number of fused-ring (bicyclic) bond motifs is 1. The van der Waals surface area contributed by atoms with Gasteiger partial charge in [0.25, 0.3) is 0 Å². The van der Waals surface area contributed by atoms with E-state index in [1.807, 2.05) is 36.4 Å². The molecule has 0 amide bonds. The van der Waals surface area contributed by atoms with Gasteiger partial charge in [0.2, 0.25) is 0 Å². The summed E-state index contributed by atoms with van der Waals surface area (Å²) in [6.07, 6.45) is 0. The van der Waals surface area contributed by atoms with Crippen LogP contribution in [0.3, 0.4) is 0 Å². The lowest BCUT2D eigenvalue weighted by molar-refractivity contribution is 0.0697. The van der Waals surface area contributed by atoms with E-state index < -0.39 is 5.97 Å². The summed E-state index contributed by atoms with van der Waals surface area (Å²) in [4.78, 5) is 12.0. The Morgan fingerprint density at radius 1 is 1.09 bits per heavy atom. The van der Waals surface area contributed by atoms with Crippen LogP contribution >= 0.6 is 11.3 Å². The van der Waals surface area contributed by atoms with Gasteiger partial charge in [-0.25, -0.2) is 4.79 Å². The van der Waals surface area contributed by atoms with E-state index in [0.717, 1.165) is 26.5 Å². The van der Waals surface area contributed by atoms with Crippen LogP contribution in [0.4, 0.5) is 0 Å². The van der Waals surface area contributed by atoms with Crippen molar-refractivity contribution in [3.63, 3.8) is 0 Å². The van der Waals surface area contributed by atoms with E-state index >= 15 is 0 Å². The molecule has 5 heteroatoms. The van der Waals surface area contributed by atoms with E-state index in [-0.39, 0.29) is 0 Å². The summed E-state index contributed by atoms with van der Waals surface area (Å²) in [5.41, 5.74) is 0.299. The summed E-state index contributed by atoms with van der Waals surface area (Å²) >= 11 is 1.60. The van der Waals surface area contributed by atoms with Crippen molar-refractivity contribution in [2.24, 2.45) is 0 Å². The first-order valence-electron chi connectivity index (χ1n) is 6.68. The summed E-state index contributed by atoms with van der Waals surface area (Å²) in [7, 11) is 1.62. The molecule has 2 aromatic carbocycles. The average molecular weight is 314 g/mol. The molecule has 0 aliphatic rings. The largest absolute Gasteiger partial charge is 0.497 e. The maximum atomic E-state index is 11.0. The molecular formula is C17H14O4S. The van der Waals surface area contributed by atoms with Crippen molar-refractivity contribution in [3.8, 4) is 11.5 Å². The number of carboxylic acids is 1. The Hall–Kier alpha value is -2.53. The molecule has 1 N–H and O–H groups in total. The van der Waals surface area contributed by atoms with E-state index in [4.69, 9.17) is 14.6 Å². The van der Waals surface area contributed by atoms with Crippen LogP contribution < -0.4 is 9.47 Å². The number of thiophene rings is 1. The lowest BCUT2D eigenvalue weighted by Gasteiger charge is -2.05. The highest BCUT2D eigenvalue weighted by Gasteiger charge is 2.07. The highest BCUT2D eigenvalue weighted by atomic mass is 32.1. The standard InChI is InChI=1S/C17H14O4S/c1-20-13-3-5-14(6-4-13)21-10-15-9-12-8-11(17(18)19)2-7-16(12)22-15/h2-9H,10H2,1H3,(H,18,19). The Labute approximate surface area is 131 Å². The molecule has 0 saturated heterocycles. The van der Waals surface area contributed by atoms with Gasteiger partial charge in [0.15, 0.2) is 0 Å². The second-order valence-electron chi connectivity index (χ2n) is 4.73. The van der Waals surface area contributed by atoms with Gasteiger partial charge >= 0.3 is 5.97 Å². The minimum atomic E-state index is -0.913. The highest BCUT2D eigenvalue weighted by Crippen LogP contribution is 2.28. The second kappa shape index (κ2) is 6.07. The fourth-order valence-corrected chi connectivity index (χ4v) is 3.09. The number of carbonyl (C=O) groups is 1. The third kappa shape index (κ3) is 3.04. The second-order valence-corrected chi connectivity index (χ2v) is 5.90. The van der Waals surface area contributed by atoms with Crippen molar-refractivity contribution in [3.05, 3.63) is 59.0 Å². The first-order chi connectivity index (χ1) is 10.7. The van der Waals surface area contributed by atoms with Gasteiger partial charge in [0.05, 0.1) is 12.7 Å². The molecule has 0 radical (unpaired) electrons. The minimum absolute atomic E-state index is 0.299. The van der Waals surface area contributed by atoms with Gasteiger partial charge in [0, 0.05) is 9.58 Å². The van der Waals surface area contributed by atoms with Gasteiger partial charge in [-0.2, -0.15) is 0 Å². The molecule has 3 rings (SSSR count). The van der Waals surface area contributed by atoms with Crippen LogP contribution in [0.25, 0.3) is 10.1 Å². The SMILES string of the molecule is COc1ccc(OCc2cc3cc(C(=O)O)ccc3s2)cc1. The summed E-state index contributed by atoms with van der Waals surface area (Å²) in [5, 5.41) is 9.94. The number of methoxy groups -OCH3 is 1. The number of hydrogen-bond donors (Lipinski definition) is 1. The first kappa shape index (κ1) is 14.4. The van der Waals surface area contributed by atoms with Gasteiger partial charge in [-0.3, -0.25) is 0 Å². The van der Waals surface area contributed by atoms with Crippen LogP contribution in [0.5, 0.6) is 11.5 Å². The molecule has 0 bridgehead atoms. The average Bonchev–Trinajstić information content (AvgIpc) is 2.95. The first-order valence-corrected chi connectivity index (χ1v) is 7.50. The number of carboxylic acid groups (broad SMARTS) is 1. The number of rotatable bonds is 5. The zero-order chi connectivity index (χ0) is 15.5. The summed E-state index contributed by atoms with van der Waals surface area (Å²) in [6.45, 7) is 0.452. The van der Waals surface area contributed by atoms with Crippen molar-refractivity contribution >= 4 is 27.4 Å². The molecule has 0 aliphatic heterocycles. The quantitative estimate of drug-likeness (QED) is 0.767. The molecule has 0 atom stereocenters. The number of aromatic carboxylic acids is 1. The van der Waals surface area contributed by atoms with Gasteiger partial charge in [0.1, 0.15) is 18.1 Å². The van der Waals surface area contributed by atoms with Crippen molar-refractivity contribution in [1.82, 2.24) is 0 Å². The van der Waals surface area contributed by atoms with Crippen LogP contribution in [0.1, 0.15) is 15.2 Å². The highest BCUT2D eigenvalue weighted by molar-refractivity contribution is 7.19. The molecule has 0 fully saturated rings. The van der Waals surface area contributed by atoms with Gasteiger partial charge in [-0.1, -0.05) is 0 Å². The van der Waals surface area contributed by atoms with Crippen LogP contribution in [-0.4, -0.2) is 18.2 Å². The molecule has 4 nitrogen and oxygen atoms in total. The maximum absolute atomic E-state index is 11.0. The van der Waals surface area contributed by atoms with Gasteiger partial charge in [-0.15, -0.1) is 11.3 Å². The fraction of sp³-hybridized carbons (Fsp3) is 0.118. The number of benzene rings is 2. The lowest BCUT2D eigenvalue weighted by atomic mass is 10.1. The smallest absolute Gasteiger partial charge is 0.335 e. The van der Waals surface area contributed by atoms with Crippen LogP contribution in [0.15, 0.2) is 48.5 Å². The van der Waals surface area contributed by atoms with Crippen LogP contribution in [-0.2, 0) is 6.61 Å². The Bertz CT molecular complexity index is 805. The normalized spacial score (nSPS) is 10.6. The molecule has 22 heavy (non-hydrogen) atoms. The topological polar surface area (TPSA) is 55.8 Å². The minimum Gasteiger partial charge on any atom is -0.497 e. The van der Waals surface area contributed by atoms with E-state index in [9.17, 15) is 4.79 Å². The molecule has 3 aromatic rings. The van der Waals surface area contributed by atoms with Crippen LogP contribution in [0.2, 0.25) is 0 Å². The van der Waals surface area contributed by atoms with Crippen molar-refractivity contribution in [2.45, 2.75) is 6.61 Å². The zero-order valence-corrected chi connectivity index (χ0v) is 12.7. The monoisotopic (exact) mass is 314 g/mol. The molecule has 0 saturated carbocycles. The summed E-state index contributed by atoms with van der Waals surface area (Å²) < 4.78 is 11.9. The van der Waals surface area contributed by atoms with Gasteiger partial charge < -0.3 is 14.6 Å². The predicted molar refractivity (Wildman–Crippen MR) is 86.1 cm³/mol. The van der Waals surface area contributed by atoms with Crippen molar-refractivity contribution in [2.75, 3.05) is 7.11 Å². The van der Waals surface area contributed by atoms with Crippen molar-refractivity contribution < 1.29 is 19.4 Å². The Kier molecular flexibility index (Phi) is 3.98. The van der Waals surface area contributed by atoms with E-state index in [0.29, 0.717) is 12.2 Å². The predicted octanol–water partition coefficient (Wildman–Crippen LogP) is 4.19. The molecular weight excluding hydrogens is 300 g/mol. The summed E-state index contributed by atoms with van der Waals surface area (Å²) in [6, 6.07) is 14.5. The maximum Gasteiger partial charge on any atom is 0.335 e. The molecule has 0 unspecified atom stereocenters. The summed E-state index contributed by atoms with van der Waals surface area (Å²) in [5.74, 6) is 0.643. The zero-order valence-electron chi connectivity index (χ0n) is 11.9. The van der Waals surface area contributed by atoms with Gasteiger partial charge in [-0.05, 0) is 53.9 Å². The third-order valence-corrected chi connectivity index (χ3v) is 4.34.